The van der Waals surface area contributed by atoms with Crippen LogP contribution in [0.1, 0.15) is 22.9 Å². The standard InChI is InChI=1S/C8H10ClF3N2S/c9-5-1-2-6-13-14-7(15-6)3-4-8(10,11)12/h1-5H2. The Kier molecular flexibility index (Phi) is 4.79. The molecule has 1 rings (SSSR count). The first-order chi connectivity index (χ1) is 7.01. The second-order valence-corrected chi connectivity index (χ2v) is 4.52. The summed E-state index contributed by atoms with van der Waals surface area (Å²) in [5, 5.41) is 8.69. The molecule has 1 aromatic heterocycles. The van der Waals surface area contributed by atoms with Crippen LogP contribution >= 0.6 is 22.9 Å². The van der Waals surface area contributed by atoms with Crippen LogP contribution in [0.3, 0.4) is 0 Å². The SMILES string of the molecule is FC(F)(F)CCc1nnc(CCCCl)s1. The van der Waals surface area contributed by atoms with Gasteiger partial charge in [-0.1, -0.05) is 0 Å². The Morgan fingerprint density at radius 3 is 2.27 bits per heavy atom. The van der Waals surface area contributed by atoms with Crippen LogP contribution in [0.2, 0.25) is 0 Å². The van der Waals surface area contributed by atoms with E-state index in [1.165, 1.54) is 11.3 Å². The molecule has 86 valence electrons. The van der Waals surface area contributed by atoms with Gasteiger partial charge in [-0.25, -0.2) is 0 Å². The number of aryl methyl sites for hydroxylation is 2. The molecule has 0 aliphatic rings. The van der Waals surface area contributed by atoms with Crippen molar-refractivity contribution >= 4 is 22.9 Å². The van der Waals surface area contributed by atoms with Crippen molar-refractivity contribution in [2.45, 2.75) is 31.9 Å². The molecule has 0 radical (unpaired) electrons. The minimum Gasteiger partial charge on any atom is -0.171 e. The zero-order valence-electron chi connectivity index (χ0n) is 7.85. The van der Waals surface area contributed by atoms with Gasteiger partial charge >= 0.3 is 6.18 Å². The largest absolute Gasteiger partial charge is 0.389 e. The molecule has 0 atom stereocenters. The Morgan fingerprint density at radius 2 is 1.73 bits per heavy atom. The predicted molar refractivity (Wildman–Crippen MR) is 53.3 cm³/mol. The molecule has 2 nitrogen and oxygen atoms in total. The van der Waals surface area contributed by atoms with E-state index in [0.29, 0.717) is 17.3 Å². The Bertz CT molecular complexity index is 300. The molecule has 15 heavy (non-hydrogen) atoms. The topological polar surface area (TPSA) is 25.8 Å². The lowest BCUT2D eigenvalue weighted by Crippen LogP contribution is -2.08. The van der Waals surface area contributed by atoms with Crippen LogP contribution in [0, 0.1) is 0 Å². The molecule has 0 saturated carbocycles. The van der Waals surface area contributed by atoms with Crippen LogP contribution in [0.25, 0.3) is 0 Å². The molecule has 0 bridgehead atoms. The molecule has 7 heteroatoms. The highest BCUT2D eigenvalue weighted by Crippen LogP contribution is 2.23. The fourth-order valence-corrected chi connectivity index (χ4v) is 1.98. The van der Waals surface area contributed by atoms with Gasteiger partial charge in [0.1, 0.15) is 10.0 Å². The van der Waals surface area contributed by atoms with Crippen molar-refractivity contribution in [3.05, 3.63) is 10.0 Å². The number of hydrogen-bond acceptors (Lipinski definition) is 3. The highest BCUT2D eigenvalue weighted by Gasteiger charge is 2.27. The molecule has 0 fully saturated rings. The number of hydrogen-bond donors (Lipinski definition) is 0. The monoisotopic (exact) mass is 258 g/mol. The van der Waals surface area contributed by atoms with Gasteiger partial charge in [0.15, 0.2) is 0 Å². The maximum absolute atomic E-state index is 11.9. The number of nitrogens with zero attached hydrogens (tertiary/aromatic N) is 2. The van der Waals surface area contributed by atoms with Crippen LogP contribution in [-0.4, -0.2) is 22.3 Å². The molecular weight excluding hydrogens is 249 g/mol. The summed E-state index contributed by atoms with van der Waals surface area (Å²) in [4.78, 5) is 0. The number of halogens is 4. The first-order valence-corrected chi connectivity index (χ1v) is 5.80. The summed E-state index contributed by atoms with van der Waals surface area (Å²) in [5.41, 5.74) is 0. The van der Waals surface area contributed by atoms with E-state index in [9.17, 15) is 13.2 Å². The molecular formula is C8H10ClF3N2S. The van der Waals surface area contributed by atoms with E-state index in [1.807, 2.05) is 0 Å². The lowest BCUT2D eigenvalue weighted by Gasteiger charge is -2.02. The smallest absolute Gasteiger partial charge is 0.171 e. The Hall–Kier alpha value is -0.360. The number of aromatic nitrogens is 2. The molecule has 0 aliphatic heterocycles. The molecule has 0 saturated heterocycles. The third kappa shape index (κ3) is 5.32. The average Bonchev–Trinajstić information content (AvgIpc) is 2.58. The highest BCUT2D eigenvalue weighted by molar-refractivity contribution is 7.11. The van der Waals surface area contributed by atoms with Crippen molar-refractivity contribution in [3.8, 4) is 0 Å². The van der Waals surface area contributed by atoms with Crippen molar-refractivity contribution in [2.24, 2.45) is 0 Å². The second-order valence-electron chi connectivity index (χ2n) is 3.00. The van der Waals surface area contributed by atoms with Gasteiger partial charge in [-0.2, -0.15) is 13.2 Å². The van der Waals surface area contributed by atoms with Gasteiger partial charge in [0, 0.05) is 25.1 Å². The van der Waals surface area contributed by atoms with E-state index in [2.05, 4.69) is 10.2 Å². The first kappa shape index (κ1) is 12.7. The Labute approximate surface area is 94.5 Å². The van der Waals surface area contributed by atoms with Crippen LogP contribution < -0.4 is 0 Å². The molecule has 1 heterocycles. The van der Waals surface area contributed by atoms with E-state index in [1.54, 1.807) is 0 Å². The van der Waals surface area contributed by atoms with Crippen LogP contribution in [-0.2, 0) is 12.8 Å². The third-order valence-corrected chi connectivity index (χ3v) is 2.97. The first-order valence-electron chi connectivity index (χ1n) is 4.45. The van der Waals surface area contributed by atoms with Gasteiger partial charge < -0.3 is 0 Å². The van der Waals surface area contributed by atoms with Crippen molar-refractivity contribution < 1.29 is 13.2 Å². The molecule has 0 unspecified atom stereocenters. The number of alkyl halides is 4. The summed E-state index contributed by atoms with van der Waals surface area (Å²) in [7, 11) is 0. The highest BCUT2D eigenvalue weighted by atomic mass is 35.5. The van der Waals surface area contributed by atoms with E-state index < -0.39 is 12.6 Å². The maximum Gasteiger partial charge on any atom is 0.389 e. The van der Waals surface area contributed by atoms with E-state index in [0.717, 1.165) is 11.4 Å². The average molecular weight is 259 g/mol. The Morgan fingerprint density at radius 1 is 1.13 bits per heavy atom. The fourth-order valence-electron chi connectivity index (χ4n) is 0.957. The molecule has 0 aromatic carbocycles. The summed E-state index contributed by atoms with van der Waals surface area (Å²) in [6, 6.07) is 0. The summed E-state index contributed by atoms with van der Waals surface area (Å²) >= 11 is 6.72. The molecule has 0 aliphatic carbocycles. The summed E-state index contributed by atoms with van der Waals surface area (Å²) in [5.74, 6) is 0.525. The predicted octanol–water partition coefficient (Wildman–Crippen LogP) is 3.20. The van der Waals surface area contributed by atoms with Crippen molar-refractivity contribution in [1.29, 1.82) is 0 Å². The quantitative estimate of drug-likeness (QED) is 0.758. The van der Waals surface area contributed by atoms with Gasteiger partial charge in [0.25, 0.3) is 0 Å². The van der Waals surface area contributed by atoms with Gasteiger partial charge in [-0.15, -0.1) is 33.1 Å². The van der Waals surface area contributed by atoms with Crippen molar-refractivity contribution in [2.75, 3.05) is 5.88 Å². The molecule has 0 spiro atoms. The van der Waals surface area contributed by atoms with Crippen LogP contribution in [0.4, 0.5) is 13.2 Å². The van der Waals surface area contributed by atoms with Gasteiger partial charge in [0.2, 0.25) is 0 Å². The van der Waals surface area contributed by atoms with Gasteiger partial charge in [0.05, 0.1) is 0 Å². The zero-order chi connectivity index (χ0) is 11.3. The second kappa shape index (κ2) is 5.65. The minimum absolute atomic E-state index is 0.0813. The van der Waals surface area contributed by atoms with Crippen LogP contribution in [0.5, 0.6) is 0 Å². The lowest BCUT2D eigenvalue weighted by atomic mass is 10.3. The summed E-state index contributed by atoms with van der Waals surface area (Å²) in [6.07, 6.45) is -3.58. The van der Waals surface area contributed by atoms with Gasteiger partial charge in [-0.05, 0) is 6.42 Å². The Balaban J connectivity index is 2.39. The van der Waals surface area contributed by atoms with Crippen molar-refractivity contribution in [3.63, 3.8) is 0 Å². The fraction of sp³-hybridized carbons (Fsp3) is 0.750. The zero-order valence-corrected chi connectivity index (χ0v) is 9.42. The normalized spacial score (nSPS) is 12.0. The summed E-state index contributed by atoms with van der Waals surface area (Å²) in [6.45, 7) is 0. The van der Waals surface area contributed by atoms with E-state index >= 15 is 0 Å². The maximum atomic E-state index is 11.9. The van der Waals surface area contributed by atoms with E-state index in [4.69, 9.17) is 11.6 Å². The molecule has 0 amide bonds. The summed E-state index contributed by atoms with van der Waals surface area (Å²) < 4.78 is 35.7. The third-order valence-electron chi connectivity index (χ3n) is 1.66. The van der Waals surface area contributed by atoms with Crippen LogP contribution in [0.15, 0.2) is 0 Å². The van der Waals surface area contributed by atoms with E-state index in [-0.39, 0.29) is 6.42 Å². The minimum atomic E-state index is -4.12. The molecule has 1 aromatic rings. The number of rotatable bonds is 5. The molecule has 0 N–H and O–H groups in total. The van der Waals surface area contributed by atoms with Gasteiger partial charge in [-0.3, -0.25) is 0 Å². The lowest BCUT2D eigenvalue weighted by molar-refractivity contribution is -0.134. The van der Waals surface area contributed by atoms with Crippen molar-refractivity contribution in [1.82, 2.24) is 10.2 Å².